The highest BCUT2D eigenvalue weighted by atomic mass is 16.5. The molecule has 4 nitrogen and oxygen atoms in total. The number of carbonyl (C=O) groups is 1. The van der Waals surface area contributed by atoms with Crippen LogP contribution in [0.4, 0.5) is 0 Å². The molecule has 2 N–H and O–H groups in total. The van der Waals surface area contributed by atoms with Crippen molar-refractivity contribution >= 4 is 5.91 Å². The highest BCUT2D eigenvalue weighted by molar-refractivity contribution is 5.80. The van der Waals surface area contributed by atoms with E-state index in [-0.39, 0.29) is 12.0 Å². The van der Waals surface area contributed by atoms with E-state index < -0.39 is 0 Å². The largest absolute Gasteiger partial charge is 0.365 e. The molecule has 4 heteroatoms. The minimum Gasteiger partial charge on any atom is -0.365 e. The fourth-order valence-electron chi connectivity index (χ4n) is 3.23. The van der Waals surface area contributed by atoms with Gasteiger partial charge in [0.25, 0.3) is 0 Å². The molecule has 1 amide bonds. The molecule has 20 heavy (non-hydrogen) atoms. The Balaban J connectivity index is 1.70. The monoisotopic (exact) mass is 282 g/mol. The van der Waals surface area contributed by atoms with Crippen molar-refractivity contribution < 1.29 is 9.53 Å². The summed E-state index contributed by atoms with van der Waals surface area (Å²) in [5, 5.41) is 6.47. The maximum Gasteiger partial charge on any atom is 0.249 e. The van der Waals surface area contributed by atoms with Crippen molar-refractivity contribution in [3.8, 4) is 0 Å². The van der Waals surface area contributed by atoms with E-state index in [9.17, 15) is 4.79 Å². The highest BCUT2D eigenvalue weighted by Crippen LogP contribution is 2.22. The van der Waals surface area contributed by atoms with Crippen LogP contribution in [0.2, 0.25) is 0 Å². The molecular weight excluding hydrogens is 252 g/mol. The lowest BCUT2D eigenvalue weighted by molar-refractivity contribution is -0.138. The topological polar surface area (TPSA) is 50.4 Å². The van der Waals surface area contributed by atoms with Gasteiger partial charge in [0.2, 0.25) is 5.91 Å². The zero-order chi connectivity index (χ0) is 14.2. The Morgan fingerprint density at radius 1 is 1.25 bits per heavy atom. The summed E-state index contributed by atoms with van der Waals surface area (Å²) in [6.45, 7) is 4.97. The second-order valence-corrected chi connectivity index (χ2v) is 6.25. The number of hydrogen-bond donors (Lipinski definition) is 2. The minimum absolute atomic E-state index is 0.0867. The number of hydrogen-bond acceptors (Lipinski definition) is 3. The second-order valence-electron chi connectivity index (χ2n) is 6.25. The van der Waals surface area contributed by atoms with Crippen molar-refractivity contribution in [2.24, 2.45) is 5.92 Å². The van der Waals surface area contributed by atoms with Crippen LogP contribution >= 0.6 is 0 Å². The van der Waals surface area contributed by atoms with Gasteiger partial charge in [-0.1, -0.05) is 26.2 Å². The van der Waals surface area contributed by atoms with Crippen molar-refractivity contribution in [1.82, 2.24) is 10.6 Å². The quantitative estimate of drug-likeness (QED) is 0.785. The van der Waals surface area contributed by atoms with E-state index in [1.54, 1.807) is 0 Å². The van der Waals surface area contributed by atoms with Gasteiger partial charge < -0.3 is 15.4 Å². The number of nitrogens with one attached hydrogen (secondary N) is 2. The Bertz CT molecular complexity index is 284. The van der Waals surface area contributed by atoms with Gasteiger partial charge in [-0.2, -0.15) is 0 Å². The number of piperidine rings is 1. The zero-order valence-electron chi connectivity index (χ0n) is 12.8. The number of carbonyl (C=O) groups excluding carboxylic acids is 1. The van der Waals surface area contributed by atoms with Gasteiger partial charge in [-0.3, -0.25) is 4.79 Å². The summed E-state index contributed by atoms with van der Waals surface area (Å²) in [7, 11) is 0. The van der Waals surface area contributed by atoms with Gasteiger partial charge in [-0.15, -0.1) is 0 Å². The van der Waals surface area contributed by atoms with E-state index in [0.29, 0.717) is 12.0 Å². The molecule has 2 fully saturated rings. The van der Waals surface area contributed by atoms with Crippen LogP contribution in [0.5, 0.6) is 0 Å². The molecule has 2 unspecified atom stereocenters. The average molecular weight is 282 g/mol. The molecule has 0 radical (unpaired) electrons. The van der Waals surface area contributed by atoms with Gasteiger partial charge in [-0.25, -0.2) is 0 Å². The summed E-state index contributed by atoms with van der Waals surface area (Å²) >= 11 is 0. The Morgan fingerprint density at radius 2 is 2.05 bits per heavy atom. The normalized spacial score (nSPS) is 26.1. The zero-order valence-corrected chi connectivity index (χ0v) is 12.8. The van der Waals surface area contributed by atoms with Crippen molar-refractivity contribution in [3.63, 3.8) is 0 Å². The van der Waals surface area contributed by atoms with Crippen molar-refractivity contribution in [2.75, 3.05) is 19.6 Å². The number of rotatable bonds is 6. The maximum absolute atomic E-state index is 12.2. The Hall–Kier alpha value is -0.610. The third kappa shape index (κ3) is 5.06. The van der Waals surface area contributed by atoms with E-state index >= 15 is 0 Å². The third-order valence-electron chi connectivity index (χ3n) is 4.54. The molecule has 116 valence electrons. The number of amides is 1. The fourth-order valence-corrected chi connectivity index (χ4v) is 3.23. The molecule has 0 aromatic heterocycles. The van der Waals surface area contributed by atoms with Crippen molar-refractivity contribution in [3.05, 3.63) is 0 Å². The summed E-state index contributed by atoms with van der Waals surface area (Å²) in [5.74, 6) is 0.670. The average Bonchev–Trinajstić information content (AvgIpc) is 2.52. The predicted molar refractivity (Wildman–Crippen MR) is 80.6 cm³/mol. The molecule has 2 rings (SSSR count). The molecule has 2 atom stereocenters. The molecule has 1 heterocycles. The lowest BCUT2D eigenvalue weighted by Gasteiger charge is -2.28. The molecule has 0 bridgehead atoms. The van der Waals surface area contributed by atoms with Crippen LogP contribution in [0.3, 0.4) is 0 Å². The first-order valence-electron chi connectivity index (χ1n) is 8.43. The smallest absolute Gasteiger partial charge is 0.249 e. The summed E-state index contributed by atoms with van der Waals surface area (Å²) in [6.07, 6.45) is 9.30. The van der Waals surface area contributed by atoms with Crippen LogP contribution in [0, 0.1) is 5.92 Å². The van der Waals surface area contributed by atoms with Gasteiger partial charge in [-0.05, 0) is 51.1 Å². The van der Waals surface area contributed by atoms with E-state index in [0.717, 1.165) is 38.9 Å². The van der Waals surface area contributed by atoms with Crippen LogP contribution < -0.4 is 10.6 Å². The van der Waals surface area contributed by atoms with E-state index in [4.69, 9.17) is 4.74 Å². The molecular formula is C16H30N2O2. The SMILES string of the molecule is CCC(OC1CCCCC1)C(=O)NCC1CCCNC1. The summed E-state index contributed by atoms with van der Waals surface area (Å²) < 4.78 is 6.01. The van der Waals surface area contributed by atoms with Crippen LogP contribution in [0.1, 0.15) is 58.3 Å². The molecule has 1 aliphatic heterocycles. The van der Waals surface area contributed by atoms with Gasteiger partial charge in [0.05, 0.1) is 6.10 Å². The van der Waals surface area contributed by atoms with Crippen LogP contribution in [0.15, 0.2) is 0 Å². The molecule has 2 aliphatic rings. The summed E-state index contributed by atoms with van der Waals surface area (Å²) in [6, 6.07) is 0. The van der Waals surface area contributed by atoms with E-state index in [1.807, 2.05) is 6.92 Å². The summed E-state index contributed by atoms with van der Waals surface area (Å²) in [4.78, 5) is 12.2. The van der Waals surface area contributed by atoms with Crippen molar-refractivity contribution in [1.29, 1.82) is 0 Å². The lowest BCUT2D eigenvalue weighted by Crippen LogP contribution is -2.43. The van der Waals surface area contributed by atoms with Gasteiger partial charge >= 0.3 is 0 Å². The second kappa shape index (κ2) is 8.63. The fraction of sp³-hybridized carbons (Fsp3) is 0.938. The third-order valence-corrected chi connectivity index (χ3v) is 4.54. The molecule has 1 saturated heterocycles. The van der Waals surface area contributed by atoms with Crippen LogP contribution in [0.25, 0.3) is 0 Å². The minimum atomic E-state index is -0.255. The first kappa shape index (κ1) is 15.8. The van der Waals surface area contributed by atoms with Crippen LogP contribution in [-0.2, 0) is 9.53 Å². The van der Waals surface area contributed by atoms with E-state index in [1.165, 1.54) is 32.1 Å². The molecule has 0 aromatic rings. The van der Waals surface area contributed by atoms with Crippen molar-refractivity contribution in [2.45, 2.75) is 70.5 Å². The Morgan fingerprint density at radius 3 is 2.70 bits per heavy atom. The molecule has 0 aromatic carbocycles. The first-order chi connectivity index (χ1) is 9.79. The standard InChI is InChI=1S/C16H30N2O2/c1-2-15(20-14-8-4-3-5-9-14)16(19)18-12-13-7-6-10-17-11-13/h13-15,17H,2-12H2,1H3,(H,18,19). The Kier molecular flexibility index (Phi) is 6.80. The highest BCUT2D eigenvalue weighted by Gasteiger charge is 2.24. The van der Waals surface area contributed by atoms with Gasteiger partial charge in [0.1, 0.15) is 6.10 Å². The number of ether oxygens (including phenoxy) is 1. The predicted octanol–water partition coefficient (Wildman–Crippen LogP) is 2.23. The maximum atomic E-state index is 12.2. The Labute approximate surface area is 123 Å². The molecule has 1 saturated carbocycles. The first-order valence-corrected chi connectivity index (χ1v) is 8.43. The van der Waals surface area contributed by atoms with E-state index in [2.05, 4.69) is 10.6 Å². The van der Waals surface area contributed by atoms with Gasteiger partial charge in [0.15, 0.2) is 0 Å². The van der Waals surface area contributed by atoms with Gasteiger partial charge in [0, 0.05) is 6.54 Å². The summed E-state index contributed by atoms with van der Waals surface area (Å²) in [5.41, 5.74) is 0. The molecule has 1 aliphatic carbocycles. The molecule has 0 spiro atoms. The lowest BCUT2D eigenvalue weighted by atomic mass is 9.97. The van der Waals surface area contributed by atoms with Crippen LogP contribution in [-0.4, -0.2) is 37.7 Å².